The average molecular weight is 352 g/mol. The van der Waals surface area contributed by atoms with Gasteiger partial charge in [-0.2, -0.15) is 0 Å². The summed E-state index contributed by atoms with van der Waals surface area (Å²) in [7, 11) is 0. The second-order valence-corrected chi connectivity index (χ2v) is 8.13. The summed E-state index contributed by atoms with van der Waals surface area (Å²) < 4.78 is 0. The molecule has 1 saturated carbocycles. The Morgan fingerprint density at radius 3 is 2.20 bits per heavy atom. The molecule has 0 aromatic carbocycles. The van der Waals surface area contributed by atoms with E-state index in [4.69, 9.17) is 0 Å². The minimum Gasteiger partial charge on any atom is -0.355 e. The molecule has 1 unspecified atom stereocenters. The van der Waals surface area contributed by atoms with Crippen molar-refractivity contribution in [2.24, 2.45) is 5.41 Å². The van der Waals surface area contributed by atoms with Gasteiger partial charge in [0, 0.05) is 50.6 Å². The first-order valence-corrected chi connectivity index (χ1v) is 9.29. The van der Waals surface area contributed by atoms with Gasteiger partial charge >= 0.3 is 0 Å². The largest absolute Gasteiger partial charge is 0.355 e. The van der Waals surface area contributed by atoms with E-state index in [1.54, 1.807) is 0 Å². The molecule has 1 saturated heterocycles. The number of nitrogens with zero attached hydrogens (tertiary/aromatic N) is 2. The van der Waals surface area contributed by atoms with Crippen molar-refractivity contribution in [1.82, 2.24) is 20.4 Å². The minimum atomic E-state index is -0.439. The third-order valence-corrected chi connectivity index (χ3v) is 4.82. The summed E-state index contributed by atoms with van der Waals surface area (Å²) in [5.74, 6) is 0.108. The molecule has 3 amide bonds. The Balaban J connectivity index is 1.67. The second-order valence-electron chi connectivity index (χ2n) is 8.13. The molecule has 2 aliphatic rings. The van der Waals surface area contributed by atoms with Crippen molar-refractivity contribution in [2.45, 2.75) is 59.0 Å². The molecule has 7 heteroatoms. The van der Waals surface area contributed by atoms with Crippen molar-refractivity contribution in [3.05, 3.63) is 0 Å². The van der Waals surface area contributed by atoms with Crippen LogP contribution in [0, 0.1) is 5.41 Å². The highest BCUT2D eigenvalue weighted by molar-refractivity contribution is 5.83. The molecule has 1 aliphatic carbocycles. The Kier molecular flexibility index (Phi) is 6.43. The number of amides is 3. The van der Waals surface area contributed by atoms with Crippen molar-refractivity contribution in [1.29, 1.82) is 0 Å². The number of hydrogen-bond donors (Lipinski definition) is 2. The molecule has 7 nitrogen and oxygen atoms in total. The van der Waals surface area contributed by atoms with Crippen LogP contribution in [0.1, 0.15) is 47.0 Å². The maximum Gasteiger partial charge on any atom is 0.237 e. The highest BCUT2D eigenvalue weighted by atomic mass is 16.2. The van der Waals surface area contributed by atoms with Gasteiger partial charge in [-0.15, -0.1) is 0 Å². The highest BCUT2D eigenvalue weighted by Gasteiger charge is 2.30. The summed E-state index contributed by atoms with van der Waals surface area (Å²) in [5, 5.41) is 5.84. The molecular formula is C18H32N4O3. The monoisotopic (exact) mass is 352 g/mol. The fourth-order valence-electron chi connectivity index (χ4n) is 2.78. The highest BCUT2D eigenvalue weighted by Crippen LogP contribution is 2.19. The van der Waals surface area contributed by atoms with Gasteiger partial charge in [0.05, 0.1) is 6.04 Å². The van der Waals surface area contributed by atoms with Gasteiger partial charge in [-0.3, -0.25) is 19.3 Å². The fourth-order valence-corrected chi connectivity index (χ4v) is 2.78. The van der Waals surface area contributed by atoms with E-state index < -0.39 is 5.41 Å². The molecule has 1 aliphatic heterocycles. The molecule has 0 spiro atoms. The molecular weight excluding hydrogens is 320 g/mol. The fraction of sp³-hybridized carbons (Fsp3) is 0.833. The zero-order valence-corrected chi connectivity index (χ0v) is 15.9. The third-order valence-electron chi connectivity index (χ3n) is 4.82. The smallest absolute Gasteiger partial charge is 0.237 e. The van der Waals surface area contributed by atoms with E-state index in [-0.39, 0.29) is 23.8 Å². The van der Waals surface area contributed by atoms with E-state index >= 15 is 0 Å². The van der Waals surface area contributed by atoms with E-state index in [2.05, 4.69) is 15.5 Å². The number of hydrogen-bond acceptors (Lipinski definition) is 4. The Morgan fingerprint density at radius 1 is 1.08 bits per heavy atom. The van der Waals surface area contributed by atoms with E-state index in [1.807, 2.05) is 32.6 Å². The number of piperazine rings is 1. The van der Waals surface area contributed by atoms with Gasteiger partial charge < -0.3 is 15.5 Å². The quantitative estimate of drug-likeness (QED) is 0.723. The molecule has 142 valence electrons. The van der Waals surface area contributed by atoms with E-state index in [0.717, 1.165) is 12.8 Å². The number of rotatable bonds is 6. The number of carbonyl (C=O) groups excluding carboxylic acids is 3. The normalized spacial score (nSPS) is 20.1. The van der Waals surface area contributed by atoms with Crippen LogP contribution in [0.3, 0.4) is 0 Å². The van der Waals surface area contributed by atoms with E-state index in [9.17, 15) is 14.4 Å². The lowest BCUT2D eigenvalue weighted by molar-refractivity contribution is -0.134. The molecule has 1 heterocycles. The maximum atomic E-state index is 12.3. The lowest BCUT2D eigenvalue weighted by Crippen LogP contribution is -2.55. The standard InChI is InChI=1S/C18H32N4O3/c1-13(16(24)20-14-5-6-14)21-9-11-22(12-10-21)15(23)7-8-19-17(25)18(2,3)4/h13-14H,5-12H2,1-4H3,(H,19,25)(H,20,24). The van der Waals surface area contributed by atoms with E-state index in [1.165, 1.54) is 0 Å². The first-order chi connectivity index (χ1) is 11.7. The summed E-state index contributed by atoms with van der Waals surface area (Å²) in [5.41, 5.74) is -0.439. The van der Waals surface area contributed by atoms with Crippen LogP contribution in [0.15, 0.2) is 0 Å². The number of carbonyl (C=O) groups is 3. The molecule has 0 aromatic heterocycles. The van der Waals surface area contributed by atoms with Gasteiger partial charge in [-0.25, -0.2) is 0 Å². The van der Waals surface area contributed by atoms with Gasteiger partial charge in [0.15, 0.2) is 0 Å². The SMILES string of the molecule is CC(C(=O)NC1CC1)N1CCN(C(=O)CCNC(=O)C(C)(C)C)CC1. The molecule has 2 rings (SSSR count). The maximum absolute atomic E-state index is 12.3. The topological polar surface area (TPSA) is 81.8 Å². The molecule has 2 N–H and O–H groups in total. The Labute approximate surface area is 150 Å². The lowest BCUT2D eigenvalue weighted by atomic mass is 9.96. The Hall–Kier alpha value is -1.63. The minimum absolute atomic E-state index is 0.0411. The van der Waals surface area contributed by atoms with Gasteiger partial charge in [0.25, 0.3) is 0 Å². The first-order valence-electron chi connectivity index (χ1n) is 9.29. The number of nitrogens with one attached hydrogen (secondary N) is 2. The van der Waals surface area contributed by atoms with Crippen molar-refractivity contribution >= 4 is 17.7 Å². The van der Waals surface area contributed by atoms with Gasteiger partial charge in [-0.1, -0.05) is 20.8 Å². The van der Waals surface area contributed by atoms with E-state index in [0.29, 0.717) is 45.2 Å². The second kappa shape index (κ2) is 8.17. The summed E-state index contributed by atoms with van der Waals surface area (Å²) in [6.07, 6.45) is 2.50. The molecule has 0 bridgehead atoms. The van der Waals surface area contributed by atoms with Gasteiger partial charge in [-0.05, 0) is 19.8 Å². The summed E-state index contributed by atoms with van der Waals surface area (Å²) in [4.78, 5) is 40.1. The summed E-state index contributed by atoms with van der Waals surface area (Å²) in [6.45, 7) is 10.5. The van der Waals surface area contributed by atoms with Crippen LogP contribution in [0.2, 0.25) is 0 Å². The summed E-state index contributed by atoms with van der Waals surface area (Å²) in [6, 6.07) is 0.227. The van der Waals surface area contributed by atoms with Crippen LogP contribution in [-0.4, -0.2) is 72.3 Å². The molecule has 25 heavy (non-hydrogen) atoms. The molecule has 0 aromatic rings. The van der Waals surface area contributed by atoms with Crippen molar-refractivity contribution in [2.75, 3.05) is 32.7 Å². The predicted octanol–water partition coefficient (Wildman–Crippen LogP) is 0.350. The van der Waals surface area contributed by atoms with Crippen LogP contribution < -0.4 is 10.6 Å². The van der Waals surface area contributed by atoms with Crippen molar-refractivity contribution in [3.63, 3.8) is 0 Å². The average Bonchev–Trinajstić information content (AvgIpc) is 3.37. The lowest BCUT2D eigenvalue weighted by Gasteiger charge is -2.37. The van der Waals surface area contributed by atoms with Crippen molar-refractivity contribution in [3.8, 4) is 0 Å². The third kappa shape index (κ3) is 5.99. The molecule has 1 atom stereocenters. The molecule has 2 fully saturated rings. The predicted molar refractivity (Wildman–Crippen MR) is 95.9 cm³/mol. The summed E-state index contributed by atoms with van der Waals surface area (Å²) >= 11 is 0. The van der Waals surface area contributed by atoms with Crippen LogP contribution in [0.5, 0.6) is 0 Å². The van der Waals surface area contributed by atoms with Gasteiger partial charge in [0.2, 0.25) is 17.7 Å². The van der Waals surface area contributed by atoms with Crippen LogP contribution >= 0.6 is 0 Å². The zero-order chi connectivity index (χ0) is 18.6. The van der Waals surface area contributed by atoms with Crippen molar-refractivity contribution < 1.29 is 14.4 Å². The Bertz CT molecular complexity index is 503. The van der Waals surface area contributed by atoms with Crippen LogP contribution in [0.25, 0.3) is 0 Å². The molecule has 0 radical (unpaired) electrons. The Morgan fingerprint density at radius 2 is 1.68 bits per heavy atom. The van der Waals surface area contributed by atoms with Crippen LogP contribution in [-0.2, 0) is 14.4 Å². The first kappa shape index (κ1) is 19.7. The zero-order valence-electron chi connectivity index (χ0n) is 15.9. The van der Waals surface area contributed by atoms with Crippen LogP contribution in [0.4, 0.5) is 0 Å². The van der Waals surface area contributed by atoms with Gasteiger partial charge in [0.1, 0.15) is 0 Å².